The molecule has 0 unspecified atom stereocenters. The lowest BCUT2D eigenvalue weighted by Gasteiger charge is -2.29. The smallest absolute Gasteiger partial charge is 0.323 e. The molecule has 2 fully saturated rings. The molecule has 10 heteroatoms. The first-order valence-electron chi connectivity index (χ1n) is 9.61. The van der Waals surface area contributed by atoms with Crippen LogP contribution in [-0.2, 0) is 9.59 Å². The molecule has 1 amide bonds. The summed E-state index contributed by atoms with van der Waals surface area (Å²) in [7, 11) is 0. The quantitative estimate of drug-likeness (QED) is 0.567. The molecule has 4 heterocycles. The molecular weight excluding hydrogens is 424 g/mol. The third kappa shape index (κ3) is 3.72. The van der Waals surface area contributed by atoms with Crippen LogP contribution in [0.4, 0.5) is 5.82 Å². The summed E-state index contributed by atoms with van der Waals surface area (Å²) >= 11 is 6.17. The number of aryl methyl sites for hydroxylation is 1. The fourth-order valence-corrected chi connectivity index (χ4v) is 4.91. The SMILES string of the molecule is Cc1cccn2c(=O)c(C=C3SC(=S)N(CC(=O)O)C3=O)c(N3CCCCC3)nc12. The number of amides is 1. The van der Waals surface area contributed by atoms with Crippen molar-refractivity contribution in [1.29, 1.82) is 0 Å². The molecular formula is C20H20N4O4S2. The van der Waals surface area contributed by atoms with Gasteiger partial charge in [-0.25, -0.2) is 4.98 Å². The van der Waals surface area contributed by atoms with Crippen molar-refractivity contribution in [3.8, 4) is 0 Å². The minimum atomic E-state index is -1.15. The number of carbonyl (C=O) groups excluding carboxylic acids is 1. The van der Waals surface area contributed by atoms with Gasteiger partial charge in [0.15, 0.2) is 0 Å². The van der Waals surface area contributed by atoms with E-state index >= 15 is 0 Å². The third-order valence-corrected chi connectivity index (χ3v) is 6.54. The number of fused-ring (bicyclic) bond motifs is 1. The summed E-state index contributed by atoms with van der Waals surface area (Å²) in [6.45, 7) is 2.97. The predicted octanol–water partition coefficient (Wildman–Crippen LogP) is 2.28. The number of piperidine rings is 1. The maximum atomic E-state index is 13.4. The topological polar surface area (TPSA) is 95.2 Å². The molecule has 1 N–H and O–H groups in total. The van der Waals surface area contributed by atoms with Gasteiger partial charge in [-0.2, -0.15) is 0 Å². The average Bonchev–Trinajstić information content (AvgIpc) is 2.98. The number of hydrogen-bond donors (Lipinski definition) is 1. The number of carboxylic acid groups (broad SMARTS) is 1. The number of hydrogen-bond acceptors (Lipinski definition) is 7. The zero-order valence-corrected chi connectivity index (χ0v) is 18.0. The van der Waals surface area contributed by atoms with Crippen molar-refractivity contribution in [2.45, 2.75) is 26.2 Å². The Kier molecular flexibility index (Phi) is 5.61. The summed E-state index contributed by atoms with van der Waals surface area (Å²) in [5.74, 6) is -1.10. The maximum Gasteiger partial charge on any atom is 0.323 e. The summed E-state index contributed by atoms with van der Waals surface area (Å²) < 4.78 is 1.64. The molecule has 2 aromatic rings. The van der Waals surface area contributed by atoms with Crippen LogP contribution >= 0.6 is 24.0 Å². The number of pyridine rings is 1. The molecule has 0 spiro atoms. The highest BCUT2D eigenvalue weighted by molar-refractivity contribution is 8.26. The molecule has 0 atom stereocenters. The minimum absolute atomic E-state index is 0.165. The van der Waals surface area contributed by atoms with Crippen LogP contribution < -0.4 is 10.5 Å². The molecule has 0 bridgehead atoms. The van der Waals surface area contributed by atoms with Crippen LogP contribution in [0.5, 0.6) is 0 Å². The molecule has 2 aliphatic heterocycles. The zero-order valence-electron chi connectivity index (χ0n) is 16.3. The standard InChI is InChI=1S/C20H20N4O4S2/c1-12-6-5-9-23-16(12)21-17(22-7-3-2-4-8-22)13(18(23)27)10-14-19(28)24(11-15(25)26)20(29)30-14/h5-6,9-10H,2-4,7-8,11H2,1H3,(H,25,26). The van der Waals surface area contributed by atoms with E-state index in [1.807, 2.05) is 13.0 Å². The number of rotatable bonds is 4. The Morgan fingerprint density at radius 3 is 2.73 bits per heavy atom. The lowest BCUT2D eigenvalue weighted by atomic mass is 10.1. The molecule has 0 saturated carbocycles. The number of carbonyl (C=O) groups is 2. The van der Waals surface area contributed by atoms with Gasteiger partial charge in [-0.05, 0) is 43.9 Å². The van der Waals surface area contributed by atoms with E-state index in [1.54, 1.807) is 12.3 Å². The Balaban J connectivity index is 1.87. The number of aromatic nitrogens is 2. The van der Waals surface area contributed by atoms with Gasteiger partial charge in [-0.3, -0.25) is 23.7 Å². The predicted molar refractivity (Wildman–Crippen MR) is 120 cm³/mol. The van der Waals surface area contributed by atoms with Gasteiger partial charge >= 0.3 is 5.97 Å². The van der Waals surface area contributed by atoms with E-state index < -0.39 is 18.4 Å². The second-order valence-electron chi connectivity index (χ2n) is 7.25. The summed E-state index contributed by atoms with van der Waals surface area (Å²) in [6, 6.07) is 3.68. The van der Waals surface area contributed by atoms with Crippen LogP contribution in [0.2, 0.25) is 0 Å². The summed E-state index contributed by atoms with van der Waals surface area (Å²) in [5.41, 5.74) is 1.51. The third-order valence-electron chi connectivity index (χ3n) is 5.16. The molecule has 156 valence electrons. The molecule has 30 heavy (non-hydrogen) atoms. The number of anilines is 1. The summed E-state index contributed by atoms with van der Waals surface area (Å²) in [6.07, 6.45) is 6.31. The first kappa shape index (κ1) is 20.5. The van der Waals surface area contributed by atoms with Crippen LogP contribution in [-0.4, -0.2) is 55.2 Å². The maximum absolute atomic E-state index is 13.4. The first-order valence-corrected chi connectivity index (χ1v) is 10.8. The van der Waals surface area contributed by atoms with Crippen molar-refractivity contribution in [1.82, 2.24) is 14.3 Å². The van der Waals surface area contributed by atoms with Crippen molar-refractivity contribution in [3.63, 3.8) is 0 Å². The number of aliphatic carboxylic acids is 1. The van der Waals surface area contributed by atoms with Crippen molar-refractivity contribution in [3.05, 3.63) is 44.7 Å². The monoisotopic (exact) mass is 444 g/mol. The highest BCUT2D eigenvalue weighted by Crippen LogP contribution is 2.33. The Hall–Kier alpha value is -2.72. The largest absolute Gasteiger partial charge is 0.480 e. The van der Waals surface area contributed by atoms with Crippen molar-refractivity contribution in [2.75, 3.05) is 24.5 Å². The lowest BCUT2D eigenvalue weighted by molar-refractivity contribution is -0.140. The second-order valence-corrected chi connectivity index (χ2v) is 8.92. The van der Waals surface area contributed by atoms with E-state index in [9.17, 15) is 14.4 Å². The van der Waals surface area contributed by atoms with Gasteiger partial charge in [0.05, 0.1) is 10.5 Å². The lowest BCUT2D eigenvalue weighted by Crippen LogP contribution is -2.34. The van der Waals surface area contributed by atoms with E-state index in [0.29, 0.717) is 17.0 Å². The average molecular weight is 445 g/mol. The molecule has 2 saturated heterocycles. The van der Waals surface area contributed by atoms with Crippen LogP contribution in [0.25, 0.3) is 11.7 Å². The molecule has 0 aliphatic carbocycles. The van der Waals surface area contributed by atoms with Gasteiger partial charge in [-0.15, -0.1) is 0 Å². The second kappa shape index (κ2) is 8.19. The summed E-state index contributed by atoms with van der Waals surface area (Å²) in [5, 5.41) is 9.04. The van der Waals surface area contributed by atoms with E-state index in [2.05, 4.69) is 4.90 Å². The van der Waals surface area contributed by atoms with Gasteiger partial charge in [-0.1, -0.05) is 30.0 Å². The van der Waals surface area contributed by atoms with E-state index in [1.165, 1.54) is 10.5 Å². The van der Waals surface area contributed by atoms with Crippen LogP contribution in [0, 0.1) is 6.92 Å². The van der Waals surface area contributed by atoms with Crippen LogP contribution in [0.3, 0.4) is 0 Å². The highest BCUT2D eigenvalue weighted by Gasteiger charge is 2.34. The highest BCUT2D eigenvalue weighted by atomic mass is 32.2. The Bertz CT molecular complexity index is 1150. The molecule has 4 rings (SSSR count). The Morgan fingerprint density at radius 2 is 2.03 bits per heavy atom. The van der Waals surface area contributed by atoms with Gasteiger partial charge < -0.3 is 10.0 Å². The van der Waals surface area contributed by atoms with E-state index in [4.69, 9.17) is 22.3 Å². The van der Waals surface area contributed by atoms with Crippen LogP contribution in [0.1, 0.15) is 30.4 Å². The normalized spacial score (nSPS) is 18.6. The number of nitrogens with zero attached hydrogens (tertiary/aromatic N) is 4. The van der Waals surface area contributed by atoms with Gasteiger partial charge in [0.2, 0.25) is 0 Å². The van der Waals surface area contributed by atoms with E-state index in [-0.39, 0.29) is 14.8 Å². The van der Waals surface area contributed by atoms with Gasteiger partial charge in [0.25, 0.3) is 11.5 Å². The van der Waals surface area contributed by atoms with E-state index in [0.717, 1.165) is 54.6 Å². The number of thiocarbonyl (C=S) groups is 1. The van der Waals surface area contributed by atoms with Gasteiger partial charge in [0, 0.05) is 19.3 Å². The van der Waals surface area contributed by atoms with Crippen molar-refractivity contribution >= 4 is 57.7 Å². The van der Waals surface area contributed by atoms with Crippen molar-refractivity contribution in [2.24, 2.45) is 0 Å². The fourth-order valence-electron chi connectivity index (χ4n) is 3.68. The Morgan fingerprint density at radius 1 is 1.30 bits per heavy atom. The summed E-state index contributed by atoms with van der Waals surface area (Å²) in [4.78, 5) is 45.3. The molecule has 2 aromatic heterocycles. The van der Waals surface area contributed by atoms with Crippen LogP contribution in [0.15, 0.2) is 28.0 Å². The number of thioether (sulfide) groups is 1. The zero-order chi connectivity index (χ0) is 21.4. The minimum Gasteiger partial charge on any atom is -0.480 e. The number of carboxylic acids is 1. The fraction of sp³-hybridized carbons (Fsp3) is 0.350. The molecule has 2 aliphatic rings. The molecule has 8 nitrogen and oxygen atoms in total. The first-order chi connectivity index (χ1) is 14.4. The molecule has 0 aromatic carbocycles. The molecule has 0 radical (unpaired) electrons. The Labute approximate surface area is 182 Å². The van der Waals surface area contributed by atoms with Gasteiger partial charge in [0.1, 0.15) is 22.3 Å². The van der Waals surface area contributed by atoms with Crippen molar-refractivity contribution < 1.29 is 14.7 Å².